The zero-order valence-corrected chi connectivity index (χ0v) is 10.8. The van der Waals surface area contributed by atoms with E-state index in [1.165, 1.54) is 0 Å². The zero-order chi connectivity index (χ0) is 12.3. The lowest BCUT2D eigenvalue weighted by Crippen LogP contribution is -1.93. The fourth-order valence-electron chi connectivity index (χ4n) is 1.42. The Morgan fingerprint density at radius 2 is 1.71 bits per heavy atom. The highest BCUT2D eigenvalue weighted by molar-refractivity contribution is 7.85. The molecule has 2 aromatic rings. The first-order valence-electron chi connectivity index (χ1n) is 5.02. The summed E-state index contributed by atoms with van der Waals surface area (Å²) in [6, 6.07) is 14.3. The highest BCUT2D eigenvalue weighted by Gasteiger charge is 2.10. The second kappa shape index (κ2) is 5.34. The molecule has 0 aliphatic heterocycles. The van der Waals surface area contributed by atoms with Crippen LogP contribution in [0.25, 0.3) is 0 Å². The summed E-state index contributed by atoms with van der Waals surface area (Å²) < 4.78 is 17.3. The average Bonchev–Trinajstić information content (AvgIpc) is 2.39. The molecule has 0 aliphatic rings. The molecule has 0 bridgehead atoms. The maximum absolute atomic E-state index is 12.3. The molecular weight excluding hydrogens is 256 g/mol. The van der Waals surface area contributed by atoms with E-state index >= 15 is 0 Å². The summed E-state index contributed by atoms with van der Waals surface area (Å²) in [5.41, 5.74) is 0. The van der Waals surface area contributed by atoms with Crippen LogP contribution in [0.5, 0.6) is 5.75 Å². The maximum Gasteiger partial charge on any atom is 0.118 e. The number of hydrogen-bond donors (Lipinski definition) is 0. The molecule has 17 heavy (non-hydrogen) atoms. The smallest absolute Gasteiger partial charge is 0.118 e. The first-order chi connectivity index (χ1) is 8.22. The molecule has 0 spiro atoms. The van der Waals surface area contributed by atoms with Crippen LogP contribution in [0.15, 0.2) is 58.3 Å². The van der Waals surface area contributed by atoms with E-state index in [-0.39, 0.29) is 0 Å². The topological polar surface area (TPSA) is 26.3 Å². The zero-order valence-electron chi connectivity index (χ0n) is 9.22. The molecule has 0 aromatic heterocycles. The minimum Gasteiger partial charge on any atom is -0.497 e. The predicted octanol–water partition coefficient (Wildman–Crippen LogP) is 3.52. The van der Waals surface area contributed by atoms with Crippen molar-refractivity contribution in [2.45, 2.75) is 9.79 Å². The number of hydrogen-bond acceptors (Lipinski definition) is 2. The number of methoxy groups -OCH3 is 1. The van der Waals surface area contributed by atoms with Gasteiger partial charge >= 0.3 is 0 Å². The Kier molecular flexibility index (Phi) is 3.82. The van der Waals surface area contributed by atoms with Crippen molar-refractivity contribution in [2.24, 2.45) is 0 Å². The molecule has 0 saturated heterocycles. The Morgan fingerprint density at radius 3 is 2.29 bits per heavy atom. The van der Waals surface area contributed by atoms with E-state index < -0.39 is 10.8 Å². The van der Waals surface area contributed by atoms with Crippen LogP contribution in [-0.4, -0.2) is 11.3 Å². The Morgan fingerprint density at radius 1 is 1.06 bits per heavy atom. The summed E-state index contributed by atoms with van der Waals surface area (Å²) >= 11 is 6.01. The fraction of sp³-hybridized carbons (Fsp3) is 0.0769. The molecule has 0 aliphatic carbocycles. The van der Waals surface area contributed by atoms with E-state index in [0.717, 1.165) is 5.75 Å². The Hall–Kier alpha value is -1.32. The van der Waals surface area contributed by atoms with E-state index in [2.05, 4.69) is 0 Å². The van der Waals surface area contributed by atoms with Gasteiger partial charge in [0.05, 0.1) is 27.8 Å². The molecule has 1 atom stereocenters. The van der Waals surface area contributed by atoms with Crippen molar-refractivity contribution in [1.82, 2.24) is 0 Å². The minimum atomic E-state index is -1.26. The van der Waals surface area contributed by atoms with Crippen LogP contribution in [0.4, 0.5) is 0 Å². The van der Waals surface area contributed by atoms with Crippen molar-refractivity contribution in [1.29, 1.82) is 0 Å². The van der Waals surface area contributed by atoms with Gasteiger partial charge in [0.1, 0.15) is 5.75 Å². The standard InChI is InChI=1S/C13H11ClO2S/c1-16-10-6-8-11(9-7-10)17(15)13-5-3-2-4-12(13)14/h2-9H,1H3. The SMILES string of the molecule is COc1ccc(S(=O)c2ccccc2Cl)cc1. The van der Waals surface area contributed by atoms with Gasteiger partial charge in [-0.05, 0) is 36.4 Å². The van der Waals surface area contributed by atoms with Crippen LogP contribution in [0.2, 0.25) is 5.02 Å². The lowest BCUT2D eigenvalue weighted by molar-refractivity contribution is 0.414. The van der Waals surface area contributed by atoms with Crippen LogP contribution >= 0.6 is 11.6 Å². The van der Waals surface area contributed by atoms with Gasteiger partial charge in [0.15, 0.2) is 0 Å². The summed E-state index contributed by atoms with van der Waals surface area (Å²) in [6.07, 6.45) is 0. The molecule has 88 valence electrons. The maximum atomic E-state index is 12.3. The molecule has 0 fully saturated rings. The molecule has 0 radical (unpaired) electrons. The van der Waals surface area contributed by atoms with Gasteiger partial charge in [-0.25, -0.2) is 4.21 Å². The van der Waals surface area contributed by atoms with Crippen LogP contribution in [-0.2, 0) is 10.8 Å². The van der Waals surface area contributed by atoms with Crippen LogP contribution in [0.1, 0.15) is 0 Å². The van der Waals surface area contributed by atoms with Gasteiger partial charge in [-0.3, -0.25) is 0 Å². The third kappa shape index (κ3) is 2.68. The quantitative estimate of drug-likeness (QED) is 0.850. The van der Waals surface area contributed by atoms with E-state index in [9.17, 15) is 4.21 Å². The van der Waals surface area contributed by atoms with Crippen LogP contribution in [0.3, 0.4) is 0 Å². The number of benzene rings is 2. The molecule has 2 nitrogen and oxygen atoms in total. The molecule has 0 amide bonds. The summed E-state index contributed by atoms with van der Waals surface area (Å²) in [7, 11) is 0.341. The third-order valence-corrected chi connectivity index (χ3v) is 4.21. The lowest BCUT2D eigenvalue weighted by Gasteiger charge is -2.05. The van der Waals surface area contributed by atoms with Gasteiger partial charge in [0.2, 0.25) is 0 Å². The van der Waals surface area contributed by atoms with E-state index in [0.29, 0.717) is 14.8 Å². The largest absolute Gasteiger partial charge is 0.497 e. The Labute approximate surface area is 108 Å². The fourth-order valence-corrected chi connectivity index (χ4v) is 2.85. The first kappa shape index (κ1) is 12.1. The molecule has 0 N–H and O–H groups in total. The van der Waals surface area contributed by atoms with Crippen molar-refractivity contribution in [3.8, 4) is 5.75 Å². The molecular formula is C13H11ClO2S. The van der Waals surface area contributed by atoms with Crippen molar-refractivity contribution in [3.05, 3.63) is 53.6 Å². The monoisotopic (exact) mass is 266 g/mol. The normalized spacial score (nSPS) is 12.1. The second-order valence-electron chi connectivity index (χ2n) is 3.37. The molecule has 2 aromatic carbocycles. The van der Waals surface area contributed by atoms with Gasteiger partial charge in [-0.15, -0.1) is 0 Å². The molecule has 4 heteroatoms. The number of halogens is 1. The average molecular weight is 267 g/mol. The van der Waals surface area contributed by atoms with Gasteiger partial charge in [-0.2, -0.15) is 0 Å². The van der Waals surface area contributed by atoms with Gasteiger partial charge in [0.25, 0.3) is 0 Å². The lowest BCUT2D eigenvalue weighted by atomic mass is 10.3. The van der Waals surface area contributed by atoms with Gasteiger partial charge < -0.3 is 4.74 Å². The van der Waals surface area contributed by atoms with Crippen molar-refractivity contribution in [2.75, 3.05) is 7.11 Å². The van der Waals surface area contributed by atoms with E-state index in [1.54, 1.807) is 43.5 Å². The van der Waals surface area contributed by atoms with Gasteiger partial charge in [-0.1, -0.05) is 23.7 Å². The molecule has 0 heterocycles. The van der Waals surface area contributed by atoms with Crippen molar-refractivity contribution in [3.63, 3.8) is 0 Å². The second-order valence-corrected chi connectivity index (χ2v) is 5.23. The van der Waals surface area contributed by atoms with Crippen LogP contribution < -0.4 is 4.74 Å². The van der Waals surface area contributed by atoms with Crippen molar-refractivity contribution < 1.29 is 8.95 Å². The Balaban J connectivity index is 2.34. The van der Waals surface area contributed by atoms with Crippen LogP contribution in [0, 0.1) is 0 Å². The minimum absolute atomic E-state index is 0.515. The molecule has 2 rings (SSSR count). The van der Waals surface area contributed by atoms with E-state index in [4.69, 9.17) is 16.3 Å². The highest BCUT2D eigenvalue weighted by atomic mass is 35.5. The summed E-state index contributed by atoms with van der Waals surface area (Å²) in [5.74, 6) is 0.741. The summed E-state index contributed by atoms with van der Waals surface area (Å²) in [4.78, 5) is 1.33. The third-order valence-electron chi connectivity index (χ3n) is 2.31. The number of rotatable bonds is 3. The van der Waals surface area contributed by atoms with Gasteiger partial charge in [0, 0.05) is 4.90 Å². The molecule has 0 saturated carbocycles. The Bertz CT molecular complexity index is 537. The first-order valence-corrected chi connectivity index (χ1v) is 6.55. The molecule has 1 unspecified atom stereocenters. The highest BCUT2D eigenvalue weighted by Crippen LogP contribution is 2.24. The van der Waals surface area contributed by atoms with Crippen molar-refractivity contribution >= 4 is 22.4 Å². The van der Waals surface area contributed by atoms with E-state index in [1.807, 2.05) is 12.1 Å². The summed E-state index contributed by atoms with van der Waals surface area (Å²) in [6.45, 7) is 0. The summed E-state index contributed by atoms with van der Waals surface area (Å²) in [5, 5.41) is 0.515. The number of ether oxygens (including phenoxy) is 1. The predicted molar refractivity (Wildman–Crippen MR) is 69.1 cm³/mol.